The zero-order chi connectivity index (χ0) is 70.3. The Bertz CT molecular complexity index is 1870. The Morgan fingerprint density at radius 3 is 0.747 bits per heavy atom. The monoisotopic (exact) mass is 1400 g/mol. The number of hydrogen-bond donors (Lipinski definition) is 3. The Balaban J connectivity index is 5.24. The highest BCUT2D eigenvalue weighted by Crippen LogP contribution is 2.45. The molecular weight excluding hydrogens is 1250 g/mol. The Hall–Kier alpha value is -1.94. The number of aliphatic hydroxyl groups excluding tert-OH is 1. The number of phosphoric acid groups is 2. The summed E-state index contributed by atoms with van der Waals surface area (Å²) < 4.78 is 68.5. The molecule has 0 aromatic heterocycles. The maximum absolute atomic E-state index is 13.1. The lowest BCUT2D eigenvalue weighted by Crippen LogP contribution is -2.30. The average molecular weight is 1400 g/mol. The van der Waals surface area contributed by atoms with Crippen LogP contribution in [0, 0.1) is 23.7 Å². The first-order valence-electron chi connectivity index (χ1n) is 39.2. The third-order valence-electron chi connectivity index (χ3n) is 17.9. The number of phosphoric ester groups is 2. The van der Waals surface area contributed by atoms with Crippen LogP contribution in [0.15, 0.2) is 0 Å². The lowest BCUT2D eigenvalue weighted by atomic mass is 9.99. The molecule has 17 nitrogen and oxygen atoms in total. The van der Waals surface area contributed by atoms with E-state index in [0.717, 1.165) is 114 Å². The van der Waals surface area contributed by atoms with Gasteiger partial charge in [-0.1, -0.05) is 331 Å². The van der Waals surface area contributed by atoms with Gasteiger partial charge in [-0.3, -0.25) is 37.3 Å². The molecule has 0 aliphatic rings. The van der Waals surface area contributed by atoms with Crippen LogP contribution in [0.2, 0.25) is 0 Å². The van der Waals surface area contributed by atoms with Crippen molar-refractivity contribution in [1.82, 2.24) is 0 Å². The average Bonchev–Trinajstić information content (AvgIpc) is 2.53. The molecule has 0 fully saturated rings. The van der Waals surface area contributed by atoms with Crippen molar-refractivity contribution in [2.75, 3.05) is 39.6 Å². The predicted molar refractivity (Wildman–Crippen MR) is 386 cm³/mol. The van der Waals surface area contributed by atoms with Gasteiger partial charge in [0, 0.05) is 25.7 Å². The molecule has 0 heterocycles. The Morgan fingerprint density at radius 2 is 0.505 bits per heavy atom. The van der Waals surface area contributed by atoms with Crippen molar-refractivity contribution < 1.29 is 80.2 Å². The smallest absolute Gasteiger partial charge is 0.462 e. The lowest BCUT2D eigenvalue weighted by Gasteiger charge is -2.21. The molecule has 0 saturated carbocycles. The number of carbonyl (C=O) groups excluding carboxylic acids is 4. The molecule has 0 saturated heterocycles. The summed E-state index contributed by atoms with van der Waals surface area (Å²) in [5, 5.41) is 10.6. The van der Waals surface area contributed by atoms with Crippen LogP contribution < -0.4 is 0 Å². The molecule has 3 N–H and O–H groups in total. The Morgan fingerprint density at radius 1 is 0.295 bits per heavy atom. The second-order valence-electron chi connectivity index (χ2n) is 29.1. The fourth-order valence-corrected chi connectivity index (χ4v) is 13.1. The number of carbonyl (C=O) groups is 4. The van der Waals surface area contributed by atoms with Crippen LogP contribution in [0.1, 0.15) is 383 Å². The van der Waals surface area contributed by atoms with Crippen LogP contribution in [0.3, 0.4) is 0 Å². The molecule has 95 heavy (non-hydrogen) atoms. The van der Waals surface area contributed by atoms with Gasteiger partial charge in [-0.25, -0.2) is 9.13 Å². The minimum absolute atomic E-state index is 0.105. The molecule has 0 spiro atoms. The van der Waals surface area contributed by atoms with Gasteiger partial charge in [0.25, 0.3) is 0 Å². The third kappa shape index (κ3) is 69.0. The van der Waals surface area contributed by atoms with Gasteiger partial charge in [-0.2, -0.15) is 0 Å². The normalized spacial score (nSPS) is 14.4. The summed E-state index contributed by atoms with van der Waals surface area (Å²) in [6.45, 7) is 14.2. The zero-order valence-electron chi connectivity index (χ0n) is 62.3. The molecule has 0 radical (unpaired) electrons. The molecule has 4 unspecified atom stereocenters. The largest absolute Gasteiger partial charge is 0.472 e. The van der Waals surface area contributed by atoms with Gasteiger partial charge in [-0.05, 0) is 49.4 Å². The Labute approximate surface area is 581 Å². The summed E-state index contributed by atoms with van der Waals surface area (Å²) in [4.78, 5) is 72.8. The van der Waals surface area contributed by atoms with Gasteiger partial charge in [0.2, 0.25) is 0 Å². The van der Waals surface area contributed by atoms with Crippen molar-refractivity contribution in [1.29, 1.82) is 0 Å². The van der Waals surface area contributed by atoms with Gasteiger partial charge in [0.1, 0.15) is 19.3 Å². The molecule has 19 heteroatoms. The van der Waals surface area contributed by atoms with Gasteiger partial charge < -0.3 is 33.8 Å². The molecule has 6 atom stereocenters. The van der Waals surface area contributed by atoms with Crippen LogP contribution >= 0.6 is 15.6 Å². The molecule has 564 valence electrons. The Kier molecular flexibility index (Phi) is 64.0. The highest BCUT2D eigenvalue weighted by atomic mass is 31.2. The van der Waals surface area contributed by atoms with Crippen molar-refractivity contribution in [3.8, 4) is 0 Å². The van der Waals surface area contributed by atoms with Crippen LogP contribution in [-0.4, -0.2) is 96.7 Å². The van der Waals surface area contributed by atoms with Gasteiger partial charge in [-0.15, -0.1) is 0 Å². The minimum Gasteiger partial charge on any atom is -0.462 e. The highest BCUT2D eigenvalue weighted by Gasteiger charge is 2.30. The van der Waals surface area contributed by atoms with E-state index in [2.05, 4.69) is 55.4 Å². The quantitative estimate of drug-likeness (QED) is 0.0222. The fourth-order valence-electron chi connectivity index (χ4n) is 11.5. The number of esters is 4. The third-order valence-corrected chi connectivity index (χ3v) is 19.8. The standard InChI is InChI=1S/C76H148O17P2/c1-9-69(8)55-47-39-31-25-27-33-41-49-57-74(79)87-63-72(92-75(80)58-50-42-34-22-17-15-13-11-10-12-14-16-20-28-36-44-52-66(2)3)65-91-95(84,85)89-61-70(77)60-88-94(82,83)90-64-71(62-86-73(78)56-48-40-32-26-24-30-38-46-54-68(6)7)93-76(81)59-51-43-35-23-19-18-21-29-37-45-53-67(4)5/h66-72,77H,9-65H2,1-8H3,(H,82,83)(H,84,85)/t69?,70?,71-,72-/m1/s1. The summed E-state index contributed by atoms with van der Waals surface area (Å²) in [5.41, 5.74) is 0. The van der Waals surface area contributed by atoms with Crippen molar-refractivity contribution in [2.45, 2.75) is 401 Å². The second-order valence-corrected chi connectivity index (χ2v) is 32.0. The van der Waals surface area contributed by atoms with E-state index in [9.17, 15) is 43.2 Å². The number of aliphatic hydroxyl groups is 1. The van der Waals surface area contributed by atoms with Gasteiger partial charge in [0.05, 0.1) is 26.4 Å². The van der Waals surface area contributed by atoms with Crippen LogP contribution in [-0.2, 0) is 65.4 Å². The van der Waals surface area contributed by atoms with E-state index >= 15 is 0 Å². The molecule has 0 aromatic rings. The lowest BCUT2D eigenvalue weighted by molar-refractivity contribution is -0.161. The summed E-state index contributed by atoms with van der Waals surface area (Å²) in [7, 11) is -9.91. The van der Waals surface area contributed by atoms with E-state index < -0.39 is 97.5 Å². The predicted octanol–water partition coefficient (Wildman–Crippen LogP) is 22.0. The van der Waals surface area contributed by atoms with E-state index in [1.165, 1.54) is 186 Å². The molecule has 0 amide bonds. The highest BCUT2D eigenvalue weighted by molar-refractivity contribution is 7.47. The van der Waals surface area contributed by atoms with E-state index in [-0.39, 0.29) is 25.7 Å². The summed E-state index contributed by atoms with van der Waals surface area (Å²) in [6.07, 6.45) is 49.9. The first-order valence-corrected chi connectivity index (χ1v) is 42.2. The number of ether oxygens (including phenoxy) is 4. The number of unbranched alkanes of at least 4 members (excludes halogenated alkanes) is 38. The van der Waals surface area contributed by atoms with E-state index in [1.807, 2.05) is 0 Å². The minimum atomic E-state index is -4.96. The molecule has 0 rings (SSSR count). The molecule has 0 aliphatic heterocycles. The maximum atomic E-state index is 13.1. The van der Waals surface area contributed by atoms with E-state index in [4.69, 9.17) is 37.0 Å². The van der Waals surface area contributed by atoms with Gasteiger partial charge >= 0.3 is 39.5 Å². The van der Waals surface area contributed by atoms with E-state index in [1.54, 1.807) is 0 Å². The van der Waals surface area contributed by atoms with Crippen LogP contribution in [0.4, 0.5) is 0 Å². The van der Waals surface area contributed by atoms with E-state index in [0.29, 0.717) is 25.7 Å². The molecular formula is C76H148O17P2. The van der Waals surface area contributed by atoms with Crippen molar-refractivity contribution in [3.05, 3.63) is 0 Å². The summed E-state index contributed by atoms with van der Waals surface area (Å²) in [5.74, 6) is 0.943. The first-order chi connectivity index (χ1) is 45.6. The number of rotatable bonds is 73. The second kappa shape index (κ2) is 65.4. The first kappa shape index (κ1) is 93.1. The van der Waals surface area contributed by atoms with Crippen LogP contribution in [0.5, 0.6) is 0 Å². The SMILES string of the molecule is CCC(C)CCCCCCCCCCC(=O)OC[C@H](COP(=O)(O)OCC(O)COP(=O)(O)OC[C@@H](COC(=O)CCCCCCCCCCC(C)C)OC(=O)CCCCCCCCCCCCC(C)C)OC(=O)CCCCCCCCCCCCCCCCCCC(C)C. The fraction of sp³-hybridized carbons (Fsp3) is 0.947. The number of hydrogen-bond acceptors (Lipinski definition) is 15. The maximum Gasteiger partial charge on any atom is 0.472 e. The van der Waals surface area contributed by atoms with Crippen molar-refractivity contribution >= 4 is 39.5 Å². The molecule has 0 aromatic carbocycles. The summed E-state index contributed by atoms with van der Waals surface area (Å²) in [6, 6.07) is 0. The topological polar surface area (TPSA) is 237 Å². The van der Waals surface area contributed by atoms with Crippen LogP contribution in [0.25, 0.3) is 0 Å². The zero-order valence-corrected chi connectivity index (χ0v) is 64.1. The van der Waals surface area contributed by atoms with Crippen molar-refractivity contribution in [2.24, 2.45) is 23.7 Å². The summed E-state index contributed by atoms with van der Waals surface area (Å²) >= 11 is 0. The van der Waals surface area contributed by atoms with Crippen molar-refractivity contribution in [3.63, 3.8) is 0 Å². The van der Waals surface area contributed by atoms with Gasteiger partial charge in [0.15, 0.2) is 12.2 Å². The molecule has 0 bridgehead atoms. The molecule has 0 aliphatic carbocycles.